The number of rotatable bonds is 11. The van der Waals surface area contributed by atoms with E-state index in [1.807, 2.05) is 6.92 Å². The molecule has 0 bridgehead atoms. The molecule has 3 amide bonds. The topological polar surface area (TPSA) is 157 Å². The normalized spacial score (nSPS) is 21.2. The van der Waals surface area contributed by atoms with Crippen LogP contribution in [0, 0.1) is 11.8 Å². The Balaban J connectivity index is 2.92. The average molecular weight is 429 g/mol. The van der Waals surface area contributed by atoms with Gasteiger partial charge in [-0.1, -0.05) is 34.1 Å². The van der Waals surface area contributed by atoms with Crippen molar-refractivity contribution in [2.75, 3.05) is 6.54 Å². The number of hydrogen-bond donors (Lipinski definition) is 6. The Hall–Kier alpha value is -2.20. The molecule has 0 spiro atoms. The molecule has 0 radical (unpaired) electrons. The van der Waals surface area contributed by atoms with Crippen LogP contribution in [-0.4, -0.2) is 70.7 Å². The molecule has 6 unspecified atom stereocenters. The maximum atomic E-state index is 12.8. The van der Waals surface area contributed by atoms with Crippen LogP contribution in [0.15, 0.2) is 0 Å². The van der Waals surface area contributed by atoms with Crippen LogP contribution in [0.3, 0.4) is 0 Å². The Morgan fingerprint density at radius 1 is 0.967 bits per heavy atom. The molecule has 0 aromatic carbocycles. The number of aliphatic hydroxyl groups excluding tert-OH is 1. The van der Waals surface area contributed by atoms with Crippen molar-refractivity contribution in [1.82, 2.24) is 21.3 Å². The van der Waals surface area contributed by atoms with Gasteiger partial charge in [-0.25, -0.2) is 4.79 Å². The third-order valence-corrected chi connectivity index (χ3v) is 5.46. The number of carboxylic acids is 1. The minimum absolute atomic E-state index is 0.294. The highest BCUT2D eigenvalue weighted by Crippen LogP contribution is 2.12. The fourth-order valence-corrected chi connectivity index (χ4v) is 3.27. The summed E-state index contributed by atoms with van der Waals surface area (Å²) >= 11 is 0. The summed E-state index contributed by atoms with van der Waals surface area (Å²) < 4.78 is 0. The van der Waals surface area contributed by atoms with Crippen molar-refractivity contribution in [3.8, 4) is 0 Å². The molecule has 1 heterocycles. The van der Waals surface area contributed by atoms with Gasteiger partial charge in [-0.3, -0.25) is 14.4 Å². The van der Waals surface area contributed by atoms with E-state index in [0.29, 0.717) is 19.4 Å². The molecule has 10 heteroatoms. The summed E-state index contributed by atoms with van der Waals surface area (Å²) in [4.78, 5) is 49.4. The van der Waals surface area contributed by atoms with Gasteiger partial charge in [0, 0.05) is 0 Å². The summed E-state index contributed by atoms with van der Waals surface area (Å²) in [7, 11) is 0. The van der Waals surface area contributed by atoms with Crippen molar-refractivity contribution in [3.63, 3.8) is 0 Å². The third-order valence-electron chi connectivity index (χ3n) is 5.46. The van der Waals surface area contributed by atoms with Crippen molar-refractivity contribution < 1.29 is 29.4 Å². The summed E-state index contributed by atoms with van der Waals surface area (Å²) in [6.45, 7) is 9.03. The number of carbonyl (C=O) groups is 4. The number of aliphatic hydroxyl groups is 1. The molecule has 1 rings (SSSR count). The Morgan fingerprint density at radius 3 is 1.97 bits per heavy atom. The minimum atomic E-state index is -1.24. The summed E-state index contributed by atoms with van der Waals surface area (Å²) in [6.07, 6.45) is 0.859. The van der Waals surface area contributed by atoms with Crippen molar-refractivity contribution in [2.24, 2.45) is 11.8 Å². The molecule has 10 nitrogen and oxygen atoms in total. The molecule has 30 heavy (non-hydrogen) atoms. The second-order valence-electron chi connectivity index (χ2n) is 8.32. The van der Waals surface area contributed by atoms with Crippen LogP contribution in [-0.2, 0) is 19.2 Å². The quantitative estimate of drug-likeness (QED) is 0.255. The predicted octanol–water partition coefficient (Wildman–Crippen LogP) is -0.640. The van der Waals surface area contributed by atoms with Crippen LogP contribution in [0.5, 0.6) is 0 Å². The first-order chi connectivity index (χ1) is 14.0. The van der Waals surface area contributed by atoms with Crippen LogP contribution in [0.2, 0.25) is 0 Å². The molecule has 0 saturated carbocycles. The number of nitrogens with one attached hydrogen (secondary N) is 4. The number of carboxylic acid groups (broad SMARTS) is 1. The highest BCUT2D eigenvalue weighted by Gasteiger charge is 2.35. The number of aliphatic carboxylic acids is 1. The molecule has 0 aliphatic carbocycles. The largest absolute Gasteiger partial charge is 0.480 e. The zero-order valence-corrected chi connectivity index (χ0v) is 18.4. The minimum Gasteiger partial charge on any atom is -0.480 e. The first-order valence-electron chi connectivity index (χ1n) is 10.5. The Kier molecular flexibility index (Phi) is 10.2. The molecule has 6 atom stereocenters. The van der Waals surface area contributed by atoms with Crippen molar-refractivity contribution >= 4 is 23.7 Å². The van der Waals surface area contributed by atoms with Crippen LogP contribution in [0.4, 0.5) is 0 Å². The number of amides is 3. The Morgan fingerprint density at radius 2 is 1.53 bits per heavy atom. The Bertz CT molecular complexity index is 618. The molecule has 1 aliphatic heterocycles. The number of carbonyl (C=O) groups excluding carboxylic acids is 3. The van der Waals surface area contributed by atoms with Gasteiger partial charge in [-0.2, -0.15) is 0 Å². The first kappa shape index (κ1) is 25.8. The molecule has 6 N–H and O–H groups in total. The van der Waals surface area contributed by atoms with E-state index in [0.717, 1.165) is 6.42 Å². The van der Waals surface area contributed by atoms with E-state index < -0.39 is 48.1 Å². The lowest BCUT2D eigenvalue weighted by Gasteiger charge is -2.29. The second kappa shape index (κ2) is 11.8. The molecular formula is C20H36N4O6. The summed E-state index contributed by atoms with van der Waals surface area (Å²) in [5.41, 5.74) is 0. The standard InChI is InChI=1S/C20H36N4O6/c1-6-11(4)15(18(27)22-14(10(2)3)20(29)30)23-19(28)16(12(5)25)24-17(26)13-8-7-9-21-13/h10-16,21,25H,6-9H2,1-5H3,(H,22,27)(H,23,28)(H,24,26)(H,29,30). The maximum Gasteiger partial charge on any atom is 0.326 e. The molecular weight excluding hydrogens is 392 g/mol. The van der Waals surface area contributed by atoms with E-state index in [4.69, 9.17) is 0 Å². The maximum absolute atomic E-state index is 12.8. The number of hydrogen-bond acceptors (Lipinski definition) is 6. The van der Waals surface area contributed by atoms with Gasteiger partial charge in [0.25, 0.3) is 0 Å². The van der Waals surface area contributed by atoms with E-state index in [-0.39, 0.29) is 17.7 Å². The zero-order chi connectivity index (χ0) is 23.0. The van der Waals surface area contributed by atoms with Crippen LogP contribution >= 0.6 is 0 Å². The van der Waals surface area contributed by atoms with Gasteiger partial charge in [0.05, 0.1) is 12.1 Å². The fraction of sp³-hybridized carbons (Fsp3) is 0.800. The van der Waals surface area contributed by atoms with Gasteiger partial charge in [0.15, 0.2) is 0 Å². The van der Waals surface area contributed by atoms with Gasteiger partial charge < -0.3 is 31.5 Å². The SMILES string of the molecule is CCC(C)C(NC(=O)C(NC(=O)C1CCCN1)C(C)O)C(=O)NC(C(=O)O)C(C)C. The van der Waals surface area contributed by atoms with Crippen LogP contribution in [0.25, 0.3) is 0 Å². The predicted molar refractivity (Wildman–Crippen MR) is 110 cm³/mol. The lowest BCUT2D eigenvalue weighted by molar-refractivity contribution is -0.144. The van der Waals surface area contributed by atoms with Gasteiger partial charge in [0.1, 0.15) is 18.1 Å². The van der Waals surface area contributed by atoms with Crippen molar-refractivity contribution in [3.05, 3.63) is 0 Å². The Labute approximate surface area is 177 Å². The fourth-order valence-electron chi connectivity index (χ4n) is 3.27. The van der Waals surface area contributed by atoms with E-state index in [2.05, 4.69) is 21.3 Å². The highest BCUT2D eigenvalue weighted by atomic mass is 16.4. The van der Waals surface area contributed by atoms with E-state index in [1.165, 1.54) is 6.92 Å². The smallest absolute Gasteiger partial charge is 0.326 e. The highest BCUT2D eigenvalue weighted by molar-refractivity contribution is 5.94. The molecule has 1 fully saturated rings. The van der Waals surface area contributed by atoms with E-state index >= 15 is 0 Å². The molecule has 1 saturated heterocycles. The molecule has 172 valence electrons. The lowest BCUT2D eigenvalue weighted by atomic mass is 9.96. The van der Waals surface area contributed by atoms with Gasteiger partial charge in [-0.05, 0) is 38.1 Å². The van der Waals surface area contributed by atoms with E-state index in [1.54, 1.807) is 20.8 Å². The molecule has 1 aliphatic rings. The van der Waals surface area contributed by atoms with Crippen LogP contribution < -0.4 is 21.3 Å². The monoisotopic (exact) mass is 428 g/mol. The zero-order valence-electron chi connectivity index (χ0n) is 18.4. The molecule has 0 aromatic rings. The molecule has 0 aromatic heterocycles. The van der Waals surface area contributed by atoms with Crippen molar-refractivity contribution in [2.45, 2.75) is 84.2 Å². The second-order valence-corrected chi connectivity index (χ2v) is 8.32. The summed E-state index contributed by atoms with van der Waals surface area (Å²) in [5, 5.41) is 30.0. The van der Waals surface area contributed by atoms with E-state index in [9.17, 15) is 29.4 Å². The summed E-state index contributed by atoms with van der Waals surface area (Å²) in [5.74, 6) is -3.50. The van der Waals surface area contributed by atoms with Crippen molar-refractivity contribution in [1.29, 1.82) is 0 Å². The summed E-state index contributed by atoms with van der Waals surface area (Å²) in [6, 6.07) is -3.76. The third kappa shape index (κ3) is 7.24. The van der Waals surface area contributed by atoms with Crippen LogP contribution in [0.1, 0.15) is 53.9 Å². The van der Waals surface area contributed by atoms with Gasteiger partial charge in [-0.15, -0.1) is 0 Å². The van der Waals surface area contributed by atoms with Gasteiger partial charge in [0.2, 0.25) is 17.7 Å². The lowest BCUT2D eigenvalue weighted by Crippen LogP contribution is -2.61. The first-order valence-corrected chi connectivity index (χ1v) is 10.5. The van der Waals surface area contributed by atoms with Gasteiger partial charge >= 0.3 is 5.97 Å². The average Bonchev–Trinajstić information content (AvgIpc) is 3.21.